The Balaban J connectivity index is 1.43. The molecule has 0 radical (unpaired) electrons. The molecule has 0 N–H and O–H groups in total. The number of hydrogen-bond donors (Lipinski definition) is 0. The summed E-state index contributed by atoms with van der Waals surface area (Å²) in [5, 5.41) is 11.9. The Morgan fingerprint density at radius 3 is 2.96 bits per heavy atom. The average Bonchev–Trinajstić information content (AvgIpc) is 3.31. The van der Waals surface area contributed by atoms with Crippen LogP contribution in [0, 0.1) is 12.8 Å². The van der Waals surface area contributed by atoms with Gasteiger partial charge in [-0.15, -0.1) is 5.10 Å². The van der Waals surface area contributed by atoms with Crippen LogP contribution >= 0.6 is 0 Å². The summed E-state index contributed by atoms with van der Waals surface area (Å²) >= 11 is 0. The first kappa shape index (κ1) is 17.4. The molecule has 0 saturated carbocycles. The topological polar surface area (TPSA) is 89.9 Å². The molecule has 1 amide bonds. The molecule has 1 unspecified atom stereocenters. The number of piperidine rings is 1. The molecule has 0 bridgehead atoms. The van der Waals surface area contributed by atoms with Gasteiger partial charge in [0.25, 0.3) is 5.91 Å². The maximum atomic E-state index is 12.6. The van der Waals surface area contributed by atoms with E-state index in [0.29, 0.717) is 36.3 Å². The highest BCUT2D eigenvalue weighted by molar-refractivity contribution is 5.92. The molecular formula is C19H22N6O2. The largest absolute Gasteiger partial charge is 0.339 e. The zero-order valence-corrected chi connectivity index (χ0v) is 15.5. The van der Waals surface area contributed by atoms with Gasteiger partial charge in [-0.3, -0.25) is 9.48 Å². The van der Waals surface area contributed by atoms with Gasteiger partial charge in [0, 0.05) is 32.1 Å². The summed E-state index contributed by atoms with van der Waals surface area (Å²) in [6, 6.07) is 7.98. The van der Waals surface area contributed by atoms with E-state index in [9.17, 15) is 4.79 Å². The molecule has 4 rings (SSSR count). The van der Waals surface area contributed by atoms with Crippen molar-refractivity contribution in [1.82, 2.24) is 30.0 Å². The minimum absolute atomic E-state index is 0.0704. The van der Waals surface area contributed by atoms with Crippen LogP contribution in [0.4, 0.5) is 0 Å². The lowest BCUT2D eigenvalue weighted by molar-refractivity contribution is 0.0662. The van der Waals surface area contributed by atoms with Gasteiger partial charge in [0.15, 0.2) is 5.69 Å². The van der Waals surface area contributed by atoms with Crippen molar-refractivity contribution in [3.8, 4) is 11.4 Å². The second kappa shape index (κ2) is 7.30. The van der Waals surface area contributed by atoms with E-state index in [-0.39, 0.29) is 5.91 Å². The van der Waals surface area contributed by atoms with Crippen molar-refractivity contribution in [1.29, 1.82) is 0 Å². The predicted molar refractivity (Wildman–Crippen MR) is 97.8 cm³/mol. The number of aromatic nitrogens is 5. The van der Waals surface area contributed by atoms with Gasteiger partial charge >= 0.3 is 0 Å². The number of rotatable bonds is 4. The fourth-order valence-corrected chi connectivity index (χ4v) is 3.54. The minimum atomic E-state index is -0.0704. The number of carbonyl (C=O) groups excluding carboxylic acids is 1. The zero-order chi connectivity index (χ0) is 18.8. The van der Waals surface area contributed by atoms with E-state index < -0.39 is 0 Å². The van der Waals surface area contributed by atoms with Gasteiger partial charge in [0.2, 0.25) is 11.7 Å². The maximum absolute atomic E-state index is 12.6. The quantitative estimate of drug-likeness (QED) is 0.704. The second-order valence-electron chi connectivity index (χ2n) is 7.07. The molecule has 0 spiro atoms. The molecule has 3 aromatic rings. The lowest BCUT2D eigenvalue weighted by Gasteiger charge is -2.31. The number of carbonyl (C=O) groups is 1. The Morgan fingerprint density at radius 1 is 1.33 bits per heavy atom. The first-order chi connectivity index (χ1) is 13.1. The van der Waals surface area contributed by atoms with Crippen molar-refractivity contribution in [3.05, 3.63) is 47.6 Å². The van der Waals surface area contributed by atoms with Gasteiger partial charge in [-0.1, -0.05) is 34.6 Å². The van der Waals surface area contributed by atoms with Crippen LogP contribution in [0.15, 0.2) is 35.0 Å². The van der Waals surface area contributed by atoms with Crippen molar-refractivity contribution in [3.63, 3.8) is 0 Å². The van der Waals surface area contributed by atoms with Crippen LogP contribution in [-0.4, -0.2) is 49.0 Å². The molecule has 1 aliphatic rings. The van der Waals surface area contributed by atoms with E-state index in [0.717, 1.165) is 30.5 Å². The fraction of sp³-hybridized carbons (Fsp3) is 0.421. The monoisotopic (exact) mass is 366 g/mol. The highest BCUT2D eigenvalue weighted by Crippen LogP contribution is 2.24. The molecule has 1 aromatic carbocycles. The second-order valence-corrected chi connectivity index (χ2v) is 7.07. The third-order valence-corrected chi connectivity index (χ3v) is 4.95. The minimum Gasteiger partial charge on any atom is -0.339 e. The summed E-state index contributed by atoms with van der Waals surface area (Å²) in [7, 11) is 1.75. The Bertz CT molecular complexity index is 947. The van der Waals surface area contributed by atoms with Crippen molar-refractivity contribution in [2.24, 2.45) is 13.0 Å². The molecule has 0 aliphatic carbocycles. The molecule has 140 valence electrons. The molecule has 2 aromatic heterocycles. The molecule has 1 atom stereocenters. The van der Waals surface area contributed by atoms with Gasteiger partial charge < -0.3 is 9.42 Å². The third kappa shape index (κ3) is 3.74. The molecule has 8 nitrogen and oxygen atoms in total. The van der Waals surface area contributed by atoms with Gasteiger partial charge in [0.05, 0.1) is 6.20 Å². The number of nitrogens with zero attached hydrogens (tertiary/aromatic N) is 6. The molecule has 1 fully saturated rings. The SMILES string of the molecule is Cc1ccccc1-c1noc(CC2CCCN(C(=O)c3cn(C)nn3)C2)n1. The molecule has 8 heteroatoms. The summed E-state index contributed by atoms with van der Waals surface area (Å²) in [6.07, 6.45) is 4.31. The summed E-state index contributed by atoms with van der Waals surface area (Å²) in [5.74, 6) is 1.46. The van der Waals surface area contributed by atoms with Crippen LogP contribution < -0.4 is 0 Å². The third-order valence-electron chi connectivity index (χ3n) is 4.95. The van der Waals surface area contributed by atoms with Crippen LogP contribution in [0.2, 0.25) is 0 Å². The van der Waals surface area contributed by atoms with E-state index in [2.05, 4.69) is 20.5 Å². The van der Waals surface area contributed by atoms with Crippen molar-refractivity contribution >= 4 is 5.91 Å². The highest BCUT2D eigenvalue weighted by Gasteiger charge is 2.27. The summed E-state index contributed by atoms with van der Waals surface area (Å²) < 4.78 is 7.01. The molecular weight excluding hydrogens is 344 g/mol. The average molecular weight is 366 g/mol. The van der Waals surface area contributed by atoms with Crippen LogP contribution in [0.25, 0.3) is 11.4 Å². The highest BCUT2D eigenvalue weighted by atomic mass is 16.5. The van der Waals surface area contributed by atoms with Gasteiger partial charge in [-0.2, -0.15) is 4.98 Å². The van der Waals surface area contributed by atoms with Gasteiger partial charge in [-0.25, -0.2) is 0 Å². The zero-order valence-electron chi connectivity index (χ0n) is 15.5. The molecule has 27 heavy (non-hydrogen) atoms. The van der Waals surface area contributed by atoms with Crippen LogP contribution in [-0.2, 0) is 13.5 Å². The van der Waals surface area contributed by atoms with E-state index in [1.54, 1.807) is 17.9 Å². The standard InChI is InChI=1S/C19H22N6O2/c1-13-6-3-4-8-15(13)18-20-17(27-22-18)10-14-7-5-9-25(11-14)19(26)16-12-24(2)23-21-16/h3-4,6,8,12,14H,5,7,9-11H2,1-2H3. The summed E-state index contributed by atoms with van der Waals surface area (Å²) in [6.45, 7) is 3.43. The normalized spacial score (nSPS) is 17.3. The van der Waals surface area contributed by atoms with E-state index in [1.807, 2.05) is 36.1 Å². The number of benzene rings is 1. The first-order valence-electron chi connectivity index (χ1n) is 9.14. The number of amides is 1. The van der Waals surface area contributed by atoms with Gasteiger partial charge in [-0.05, 0) is 31.2 Å². The van der Waals surface area contributed by atoms with Crippen LogP contribution in [0.1, 0.15) is 34.8 Å². The van der Waals surface area contributed by atoms with Crippen molar-refractivity contribution < 1.29 is 9.32 Å². The van der Waals surface area contributed by atoms with E-state index >= 15 is 0 Å². The van der Waals surface area contributed by atoms with Crippen LogP contribution in [0.5, 0.6) is 0 Å². The summed E-state index contributed by atoms with van der Waals surface area (Å²) in [4.78, 5) is 19.0. The van der Waals surface area contributed by atoms with Gasteiger partial charge in [0.1, 0.15) is 0 Å². The number of hydrogen-bond acceptors (Lipinski definition) is 6. The maximum Gasteiger partial charge on any atom is 0.276 e. The lowest BCUT2D eigenvalue weighted by atomic mass is 9.94. The Labute approximate surface area is 157 Å². The Kier molecular flexibility index (Phi) is 4.70. The lowest BCUT2D eigenvalue weighted by Crippen LogP contribution is -2.40. The van der Waals surface area contributed by atoms with Crippen LogP contribution in [0.3, 0.4) is 0 Å². The van der Waals surface area contributed by atoms with E-state index in [1.165, 1.54) is 0 Å². The first-order valence-corrected chi connectivity index (χ1v) is 9.14. The Morgan fingerprint density at radius 2 is 2.19 bits per heavy atom. The van der Waals surface area contributed by atoms with E-state index in [4.69, 9.17) is 4.52 Å². The molecule has 3 heterocycles. The smallest absolute Gasteiger partial charge is 0.276 e. The predicted octanol–water partition coefficient (Wildman–Crippen LogP) is 2.27. The molecule has 1 aliphatic heterocycles. The number of aryl methyl sites for hydroxylation is 2. The fourth-order valence-electron chi connectivity index (χ4n) is 3.54. The molecule has 1 saturated heterocycles. The summed E-state index contributed by atoms with van der Waals surface area (Å²) in [5.41, 5.74) is 2.48. The van der Waals surface area contributed by atoms with Crippen molar-refractivity contribution in [2.75, 3.05) is 13.1 Å². The Hall–Kier alpha value is -3.03. The number of likely N-dealkylation sites (tertiary alicyclic amines) is 1. The van der Waals surface area contributed by atoms with Crippen molar-refractivity contribution in [2.45, 2.75) is 26.2 Å².